The minimum absolute atomic E-state index is 0.0743. The number of carbonyl (C=O) groups is 2. The number of amides is 2. The molecule has 1 fully saturated rings. The van der Waals surface area contributed by atoms with E-state index >= 15 is 0 Å². The number of para-hydroxylation sites is 1. The molecule has 0 radical (unpaired) electrons. The van der Waals surface area contributed by atoms with Crippen molar-refractivity contribution >= 4 is 11.8 Å². The molecule has 0 aliphatic carbocycles. The van der Waals surface area contributed by atoms with Gasteiger partial charge in [0.1, 0.15) is 5.75 Å². The number of benzene rings is 2. The topological polar surface area (TPSA) is 49.9 Å². The Balaban J connectivity index is 1.52. The number of hydrogen-bond donors (Lipinski definition) is 0. The second-order valence-corrected chi connectivity index (χ2v) is 6.92. The number of piperazine rings is 1. The van der Waals surface area contributed by atoms with E-state index < -0.39 is 0 Å². The standard InChI is InChI=1S/C22H26N2O3/c1-17-6-5-7-18(14-17)15-21(25)23-10-12-24(13-11-23)22(26)16-19-8-3-4-9-20(19)27-2/h3-9,14H,10-13,15-16H2,1-2H3. The second kappa shape index (κ2) is 8.71. The van der Waals surface area contributed by atoms with Crippen molar-refractivity contribution in [3.8, 4) is 5.75 Å². The van der Waals surface area contributed by atoms with Gasteiger partial charge >= 0.3 is 0 Å². The van der Waals surface area contributed by atoms with Gasteiger partial charge in [-0.1, -0.05) is 48.0 Å². The van der Waals surface area contributed by atoms with Crippen molar-refractivity contribution in [3.05, 3.63) is 65.2 Å². The second-order valence-electron chi connectivity index (χ2n) is 6.92. The molecule has 0 N–H and O–H groups in total. The lowest BCUT2D eigenvalue weighted by atomic mass is 10.1. The van der Waals surface area contributed by atoms with Crippen molar-refractivity contribution in [2.75, 3.05) is 33.3 Å². The number of rotatable bonds is 5. The van der Waals surface area contributed by atoms with E-state index in [9.17, 15) is 9.59 Å². The molecule has 0 spiro atoms. The van der Waals surface area contributed by atoms with Gasteiger partial charge in [0.25, 0.3) is 0 Å². The van der Waals surface area contributed by atoms with Crippen LogP contribution in [0, 0.1) is 6.92 Å². The van der Waals surface area contributed by atoms with Gasteiger partial charge in [0, 0.05) is 31.7 Å². The molecule has 2 aromatic rings. The Bertz CT molecular complexity index is 811. The van der Waals surface area contributed by atoms with E-state index in [1.807, 2.05) is 65.3 Å². The molecule has 5 nitrogen and oxygen atoms in total. The predicted molar refractivity (Wildman–Crippen MR) is 105 cm³/mol. The van der Waals surface area contributed by atoms with Crippen LogP contribution in [-0.4, -0.2) is 54.9 Å². The van der Waals surface area contributed by atoms with E-state index in [0.29, 0.717) is 39.0 Å². The Morgan fingerprint density at radius 2 is 1.52 bits per heavy atom. The molecule has 3 rings (SSSR count). The third kappa shape index (κ3) is 4.88. The molecule has 0 aromatic heterocycles. The SMILES string of the molecule is COc1ccccc1CC(=O)N1CCN(C(=O)Cc2cccc(C)c2)CC1. The van der Waals surface area contributed by atoms with Crippen molar-refractivity contribution < 1.29 is 14.3 Å². The highest BCUT2D eigenvalue weighted by molar-refractivity contribution is 5.81. The van der Waals surface area contributed by atoms with Crippen LogP contribution in [0.5, 0.6) is 5.75 Å². The monoisotopic (exact) mass is 366 g/mol. The van der Waals surface area contributed by atoms with E-state index in [2.05, 4.69) is 0 Å². The van der Waals surface area contributed by atoms with Crippen molar-refractivity contribution in [1.82, 2.24) is 9.80 Å². The van der Waals surface area contributed by atoms with Gasteiger partial charge in [0.05, 0.1) is 20.0 Å². The van der Waals surface area contributed by atoms with Crippen LogP contribution in [0.3, 0.4) is 0 Å². The lowest BCUT2D eigenvalue weighted by Crippen LogP contribution is -2.51. The van der Waals surface area contributed by atoms with Gasteiger partial charge in [-0.2, -0.15) is 0 Å². The normalized spacial score (nSPS) is 14.1. The van der Waals surface area contributed by atoms with Crippen LogP contribution in [0.4, 0.5) is 0 Å². The molecule has 1 heterocycles. The summed E-state index contributed by atoms with van der Waals surface area (Å²) in [5, 5.41) is 0. The van der Waals surface area contributed by atoms with Crippen molar-refractivity contribution in [3.63, 3.8) is 0 Å². The fourth-order valence-corrected chi connectivity index (χ4v) is 3.44. The smallest absolute Gasteiger partial charge is 0.227 e. The van der Waals surface area contributed by atoms with Crippen molar-refractivity contribution in [2.24, 2.45) is 0 Å². The van der Waals surface area contributed by atoms with Gasteiger partial charge in [-0.3, -0.25) is 9.59 Å². The van der Waals surface area contributed by atoms with E-state index in [0.717, 1.165) is 22.4 Å². The first-order valence-corrected chi connectivity index (χ1v) is 9.30. The fraction of sp³-hybridized carbons (Fsp3) is 0.364. The van der Waals surface area contributed by atoms with Crippen LogP contribution in [0.1, 0.15) is 16.7 Å². The number of nitrogens with zero attached hydrogens (tertiary/aromatic N) is 2. The number of carbonyl (C=O) groups excluding carboxylic acids is 2. The molecule has 1 aliphatic heterocycles. The average Bonchev–Trinajstić information content (AvgIpc) is 2.68. The Kier molecular flexibility index (Phi) is 6.12. The predicted octanol–water partition coefficient (Wildman–Crippen LogP) is 2.46. The highest BCUT2D eigenvalue weighted by Gasteiger charge is 2.24. The van der Waals surface area contributed by atoms with Crippen LogP contribution in [0.2, 0.25) is 0 Å². The van der Waals surface area contributed by atoms with E-state index in [4.69, 9.17) is 4.74 Å². The highest BCUT2D eigenvalue weighted by Crippen LogP contribution is 2.19. The maximum absolute atomic E-state index is 12.6. The molecule has 0 bridgehead atoms. The summed E-state index contributed by atoms with van der Waals surface area (Å²) in [4.78, 5) is 28.8. The molecule has 5 heteroatoms. The Labute approximate surface area is 160 Å². The molecule has 1 aliphatic rings. The maximum Gasteiger partial charge on any atom is 0.227 e. The Morgan fingerprint density at radius 1 is 0.889 bits per heavy atom. The van der Waals surface area contributed by atoms with Crippen LogP contribution in [0.25, 0.3) is 0 Å². The first-order chi connectivity index (χ1) is 13.1. The van der Waals surface area contributed by atoms with Crippen molar-refractivity contribution in [1.29, 1.82) is 0 Å². The van der Waals surface area contributed by atoms with Gasteiger partial charge in [0.2, 0.25) is 11.8 Å². The molecular formula is C22H26N2O3. The molecular weight excluding hydrogens is 340 g/mol. The first-order valence-electron chi connectivity index (χ1n) is 9.30. The summed E-state index contributed by atoms with van der Waals surface area (Å²) < 4.78 is 5.32. The minimum atomic E-state index is 0.0743. The van der Waals surface area contributed by atoms with Crippen LogP contribution in [-0.2, 0) is 22.4 Å². The number of hydrogen-bond acceptors (Lipinski definition) is 3. The summed E-state index contributed by atoms with van der Waals surface area (Å²) in [6.45, 7) is 4.35. The summed E-state index contributed by atoms with van der Waals surface area (Å²) in [6, 6.07) is 15.6. The molecule has 0 unspecified atom stereocenters. The van der Waals surface area contributed by atoms with E-state index in [1.165, 1.54) is 0 Å². The number of methoxy groups -OCH3 is 1. The van der Waals surface area contributed by atoms with Gasteiger partial charge in [0.15, 0.2) is 0 Å². The summed E-state index contributed by atoms with van der Waals surface area (Å²) >= 11 is 0. The molecule has 0 saturated carbocycles. The lowest BCUT2D eigenvalue weighted by Gasteiger charge is -2.35. The highest BCUT2D eigenvalue weighted by atomic mass is 16.5. The van der Waals surface area contributed by atoms with Gasteiger partial charge in [-0.15, -0.1) is 0 Å². The fourth-order valence-electron chi connectivity index (χ4n) is 3.44. The van der Waals surface area contributed by atoms with Crippen molar-refractivity contribution in [2.45, 2.75) is 19.8 Å². The molecule has 2 aromatic carbocycles. The molecule has 142 valence electrons. The Hall–Kier alpha value is -2.82. The summed E-state index contributed by atoms with van der Waals surface area (Å²) in [5.74, 6) is 0.931. The zero-order chi connectivity index (χ0) is 19.2. The lowest BCUT2D eigenvalue weighted by molar-refractivity contribution is -0.138. The first kappa shape index (κ1) is 19.0. The Morgan fingerprint density at radius 3 is 2.15 bits per heavy atom. The molecule has 2 amide bonds. The van der Waals surface area contributed by atoms with Crippen LogP contribution in [0.15, 0.2) is 48.5 Å². The number of aryl methyl sites for hydroxylation is 1. The summed E-state index contributed by atoms with van der Waals surface area (Å²) in [7, 11) is 1.61. The summed E-state index contributed by atoms with van der Waals surface area (Å²) in [5.41, 5.74) is 3.09. The zero-order valence-electron chi connectivity index (χ0n) is 16.0. The largest absolute Gasteiger partial charge is 0.496 e. The zero-order valence-corrected chi connectivity index (χ0v) is 16.0. The van der Waals surface area contributed by atoms with Crippen LogP contribution >= 0.6 is 0 Å². The minimum Gasteiger partial charge on any atom is -0.496 e. The van der Waals surface area contributed by atoms with E-state index in [-0.39, 0.29) is 11.8 Å². The maximum atomic E-state index is 12.6. The molecule has 27 heavy (non-hydrogen) atoms. The third-order valence-corrected chi connectivity index (χ3v) is 4.96. The third-order valence-electron chi connectivity index (χ3n) is 4.96. The molecule has 1 saturated heterocycles. The van der Waals surface area contributed by atoms with Gasteiger partial charge < -0.3 is 14.5 Å². The molecule has 0 atom stereocenters. The number of ether oxygens (including phenoxy) is 1. The van der Waals surface area contributed by atoms with Crippen LogP contribution < -0.4 is 4.74 Å². The summed E-state index contributed by atoms with van der Waals surface area (Å²) in [6.07, 6.45) is 0.734. The average molecular weight is 366 g/mol. The van der Waals surface area contributed by atoms with E-state index in [1.54, 1.807) is 7.11 Å². The van der Waals surface area contributed by atoms with Gasteiger partial charge in [-0.05, 0) is 18.6 Å². The van der Waals surface area contributed by atoms with Gasteiger partial charge in [-0.25, -0.2) is 0 Å². The quantitative estimate of drug-likeness (QED) is 0.817.